The number of rotatable bonds is 8. The van der Waals surface area contributed by atoms with Crippen LogP contribution in [0.5, 0.6) is 5.75 Å². The lowest BCUT2D eigenvalue weighted by molar-refractivity contribution is -0.141. The first-order valence-corrected chi connectivity index (χ1v) is 9.97. The monoisotopic (exact) mass is 390 g/mol. The normalized spacial score (nSPS) is 15.8. The lowest BCUT2D eigenvalue weighted by atomic mass is 10.1. The Morgan fingerprint density at radius 2 is 2.11 bits per heavy atom. The number of aryl methyl sites for hydroxylation is 1. The number of benzene rings is 1. The van der Waals surface area contributed by atoms with Gasteiger partial charge in [0, 0.05) is 22.7 Å². The maximum absolute atomic E-state index is 11.1. The fourth-order valence-corrected chi connectivity index (χ4v) is 3.79. The first-order chi connectivity index (χ1) is 12.9. The number of aromatic nitrogens is 2. The second-order valence-electron chi connectivity index (χ2n) is 7.59. The second-order valence-corrected chi connectivity index (χ2v) is 8.03. The molecule has 1 aromatic carbocycles. The molecule has 0 bridgehead atoms. The van der Waals surface area contributed by atoms with Gasteiger partial charge in [0.2, 0.25) is 0 Å². The molecule has 1 unspecified atom stereocenters. The zero-order valence-corrected chi connectivity index (χ0v) is 16.7. The molecular formula is C21H27ClN2O3. The van der Waals surface area contributed by atoms with Gasteiger partial charge in [-0.2, -0.15) is 5.10 Å². The Morgan fingerprint density at radius 1 is 1.37 bits per heavy atom. The number of carboxylic acid groups (broad SMARTS) is 1. The van der Waals surface area contributed by atoms with Crippen LogP contribution >= 0.6 is 11.6 Å². The Labute approximate surface area is 165 Å². The number of halogens is 1. The van der Waals surface area contributed by atoms with Gasteiger partial charge in [-0.05, 0) is 49.9 Å². The fraction of sp³-hybridized carbons (Fsp3) is 0.524. The first-order valence-electron chi connectivity index (χ1n) is 9.59. The summed E-state index contributed by atoms with van der Waals surface area (Å²) in [5, 5.41) is 14.4. The van der Waals surface area contributed by atoms with Crippen LogP contribution in [0, 0.1) is 18.8 Å². The van der Waals surface area contributed by atoms with E-state index in [1.807, 2.05) is 35.9 Å². The molecule has 1 fully saturated rings. The summed E-state index contributed by atoms with van der Waals surface area (Å²) in [4.78, 5) is 11.1. The van der Waals surface area contributed by atoms with Crippen LogP contribution in [0.1, 0.15) is 49.6 Å². The highest BCUT2D eigenvalue weighted by Gasteiger charge is 2.18. The third-order valence-corrected chi connectivity index (χ3v) is 5.50. The molecule has 1 aromatic heterocycles. The highest BCUT2D eigenvalue weighted by Crippen LogP contribution is 2.28. The van der Waals surface area contributed by atoms with Crippen molar-refractivity contribution in [2.45, 2.75) is 52.5 Å². The maximum atomic E-state index is 11.1. The number of aliphatic carboxylic acids is 1. The molecule has 6 heteroatoms. The number of carbonyl (C=O) groups is 1. The van der Waals surface area contributed by atoms with E-state index >= 15 is 0 Å². The van der Waals surface area contributed by atoms with Crippen molar-refractivity contribution < 1.29 is 14.6 Å². The standard InChI is InChI=1S/C21H27ClN2O3/c1-14(21(25)26)9-19-10-15(2)24(23-19)12-17-11-18(22)7-8-20(17)27-13-16-5-3-4-6-16/h7-8,10-11,14,16H,3-6,9,12-13H2,1-2H3,(H,25,26). The van der Waals surface area contributed by atoms with Crippen molar-refractivity contribution >= 4 is 17.6 Å². The average molecular weight is 391 g/mol. The smallest absolute Gasteiger partial charge is 0.306 e. The minimum atomic E-state index is -0.806. The predicted octanol–water partition coefficient (Wildman–Crippen LogP) is 4.73. The highest BCUT2D eigenvalue weighted by molar-refractivity contribution is 6.30. The number of hydrogen-bond donors (Lipinski definition) is 1. The van der Waals surface area contributed by atoms with E-state index in [9.17, 15) is 4.79 Å². The van der Waals surface area contributed by atoms with E-state index < -0.39 is 11.9 Å². The second kappa shape index (κ2) is 8.79. The minimum Gasteiger partial charge on any atom is -0.493 e. The number of ether oxygens (including phenoxy) is 1. The molecule has 1 saturated carbocycles. The van der Waals surface area contributed by atoms with Gasteiger partial charge in [-0.3, -0.25) is 9.48 Å². The van der Waals surface area contributed by atoms with Gasteiger partial charge in [0.05, 0.1) is 24.8 Å². The van der Waals surface area contributed by atoms with Gasteiger partial charge in [0.15, 0.2) is 0 Å². The van der Waals surface area contributed by atoms with Gasteiger partial charge in [0.1, 0.15) is 5.75 Å². The van der Waals surface area contributed by atoms with E-state index in [2.05, 4.69) is 5.10 Å². The van der Waals surface area contributed by atoms with Crippen molar-refractivity contribution in [3.05, 3.63) is 46.2 Å². The van der Waals surface area contributed by atoms with Gasteiger partial charge >= 0.3 is 5.97 Å². The average Bonchev–Trinajstić information content (AvgIpc) is 3.24. The van der Waals surface area contributed by atoms with Crippen molar-refractivity contribution in [1.82, 2.24) is 9.78 Å². The number of hydrogen-bond acceptors (Lipinski definition) is 3. The number of nitrogens with zero attached hydrogens (tertiary/aromatic N) is 2. The molecule has 2 aromatic rings. The van der Waals surface area contributed by atoms with E-state index in [-0.39, 0.29) is 0 Å². The SMILES string of the molecule is Cc1cc(CC(C)C(=O)O)nn1Cc1cc(Cl)ccc1OCC1CCCC1. The molecular weight excluding hydrogens is 364 g/mol. The molecule has 1 heterocycles. The highest BCUT2D eigenvalue weighted by atomic mass is 35.5. The summed E-state index contributed by atoms with van der Waals surface area (Å²) in [5.41, 5.74) is 2.77. The molecule has 0 saturated heterocycles. The van der Waals surface area contributed by atoms with Crippen LogP contribution < -0.4 is 4.74 Å². The first kappa shape index (κ1) is 19.7. The molecule has 1 aliphatic rings. The van der Waals surface area contributed by atoms with Crippen LogP contribution in [0.4, 0.5) is 0 Å². The molecule has 0 radical (unpaired) electrons. The Kier molecular flexibility index (Phi) is 6.42. The Bertz CT molecular complexity index is 797. The van der Waals surface area contributed by atoms with Gasteiger partial charge in [-0.15, -0.1) is 0 Å². The van der Waals surface area contributed by atoms with E-state index in [1.54, 1.807) is 6.92 Å². The summed E-state index contributed by atoms with van der Waals surface area (Å²) >= 11 is 6.21. The van der Waals surface area contributed by atoms with E-state index in [1.165, 1.54) is 25.7 Å². The Hall–Kier alpha value is -2.01. The molecule has 146 valence electrons. The lowest BCUT2D eigenvalue weighted by Crippen LogP contribution is -2.13. The van der Waals surface area contributed by atoms with Crippen LogP contribution in [-0.4, -0.2) is 27.5 Å². The Morgan fingerprint density at radius 3 is 2.81 bits per heavy atom. The third kappa shape index (κ3) is 5.25. The summed E-state index contributed by atoms with van der Waals surface area (Å²) in [6, 6.07) is 7.65. The summed E-state index contributed by atoms with van der Waals surface area (Å²) < 4.78 is 8.00. The summed E-state index contributed by atoms with van der Waals surface area (Å²) in [6.07, 6.45) is 5.50. The zero-order chi connectivity index (χ0) is 19.4. The molecule has 3 rings (SSSR count). The molecule has 1 aliphatic carbocycles. The van der Waals surface area contributed by atoms with Crippen LogP contribution in [0.2, 0.25) is 5.02 Å². The van der Waals surface area contributed by atoms with Gasteiger partial charge in [0.25, 0.3) is 0 Å². The largest absolute Gasteiger partial charge is 0.493 e. The lowest BCUT2D eigenvalue weighted by Gasteiger charge is -2.15. The quantitative estimate of drug-likeness (QED) is 0.707. The summed E-state index contributed by atoms with van der Waals surface area (Å²) in [5.74, 6) is 0.231. The van der Waals surface area contributed by atoms with Crippen molar-refractivity contribution in [2.75, 3.05) is 6.61 Å². The van der Waals surface area contributed by atoms with Crippen LogP contribution in [0.15, 0.2) is 24.3 Å². The van der Waals surface area contributed by atoms with Crippen LogP contribution in [0.3, 0.4) is 0 Å². The van der Waals surface area contributed by atoms with Crippen LogP contribution in [-0.2, 0) is 17.8 Å². The van der Waals surface area contributed by atoms with E-state index in [4.69, 9.17) is 21.4 Å². The topological polar surface area (TPSA) is 64.3 Å². The molecule has 0 spiro atoms. The summed E-state index contributed by atoms with van der Waals surface area (Å²) in [6.45, 7) is 4.97. The van der Waals surface area contributed by atoms with Crippen molar-refractivity contribution in [1.29, 1.82) is 0 Å². The van der Waals surface area contributed by atoms with Crippen molar-refractivity contribution in [3.63, 3.8) is 0 Å². The summed E-state index contributed by atoms with van der Waals surface area (Å²) in [7, 11) is 0. The number of carboxylic acids is 1. The van der Waals surface area contributed by atoms with Crippen molar-refractivity contribution in [3.8, 4) is 5.75 Å². The molecule has 27 heavy (non-hydrogen) atoms. The van der Waals surface area contributed by atoms with Gasteiger partial charge in [-0.1, -0.05) is 31.4 Å². The molecule has 1 atom stereocenters. The van der Waals surface area contributed by atoms with Gasteiger partial charge in [-0.25, -0.2) is 0 Å². The Balaban J connectivity index is 1.73. The fourth-order valence-electron chi connectivity index (χ4n) is 3.60. The minimum absolute atomic E-state index is 0.420. The zero-order valence-electron chi connectivity index (χ0n) is 15.9. The van der Waals surface area contributed by atoms with E-state index in [0.29, 0.717) is 23.9 Å². The van der Waals surface area contributed by atoms with Crippen molar-refractivity contribution in [2.24, 2.45) is 11.8 Å². The predicted molar refractivity (Wildman–Crippen MR) is 105 cm³/mol. The molecule has 5 nitrogen and oxygen atoms in total. The molecule has 0 aliphatic heterocycles. The molecule has 0 amide bonds. The third-order valence-electron chi connectivity index (χ3n) is 5.26. The molecule has 1 N–H and O–H groups in total. The van der Waals surface area contributed by atoms with Gasteiger partial charge < -0.3 is 9.84 Å². The maximum Gasteiger partial charge on any atom is 0.306 e. The van der Waals surface area contributed by atoms with E-state index in [0.717, 1.165) is 29.3 Å². The van der Waals surface area contributed by atoms with Crippen LogP contribution in [0.25, 0.3) is 0 Å².